The molecule has 0 aliphatic rings. The Kier molecular flexibility index (Phi) is 6.82. The van der Waals surface area contributed by atoms with Crippen molar-refractivity contribution in [2.24, 2.45) is 5.92 Å². The summed E-state index contributed by atoms with van der Waals surface area (Å²) in [6.45, 7) is 7.85. The van der Waals surface area contributed by atoms with Gasteiger partial charge in [-0.3, -0.25) is 0 Å². The summed E-state index contributed by atoms with van der Waals surface area (Å²) in [6, 6.07) is 0. The number of hydrogen-bond acceptors (Lipinski definition) is 2. The molecule has 71 valence electrons. The highest BCUT2D eigenvalue weighted by Crippen LogP contribution is 2.16. The first-order valence-electron chi connectivity index (χ1n) is 4.79. The fourth-order valence-corrected chi connectivity index (χ4v) is 1.38. The molecule has 0 rings (SSSR count). The van der Waals surface area contributed by atoms with Crippen molar-refractivity contribution in [2.45, 2.75) is 52.6 Å². The maximum Gasteiger partial charge on any atom is 0.417 e. The van der Waals surface area contributed by atoms with Crippen LogP contribution in [0.5, 0.6) is 0 Å². The van der Waals surface area contributed by atoms with Gasteiger partial charge in [0.25, 0.3) is 0 Å². The molecule has 0 aromatic rings. The lowest BCUT2D eigenvalue weighted by molar-refractivity contribution is 0.113. The lowest BCUT2D eigenvalue weighted by Gasteiger charge is -2.19. The predicted octanol–water partition coefficient (Wildman–Crippen LogP) is 2.68. The summed E-state index contributed by atoms with van der Waals surface area (Å²) in [7, 11) is 0. The van der Waals surface area contributed by atoms with Gasteiger partial charge in [-0.25, -0.2) is 4.79 Å². The lowest BCUT2D eigenvalue weighted by Crippen LogP contribution is -2.20. The minimum Gasteiger partial charge on any atom is -0.454 e. The Morgan fingerprint density at radius 2 is 2.08 bits per heavy atom. The summed E-state index contributed by atoms with van der Waals surface area (Å²) in [5.41, 5.74) is 0. The maximum absolute atomic E-state index is 10.0. The van der Waals surface area contributed by atoms with Gasteiger partial charge in [0.05, 0.1) is 0 Å². The van der Waals surface area contributed by atoms with Crippen LogP contribution in [0.15, 0.2) is 0 Å². The first kappa shape index (κ1) is 11.5. The monoisotopic (exact) mass is 171 g/mol. The molecule has 0 saturated heterocycles. The van der Waals surface area contributed by atoms with E-state index in [2.05, 4.69) is 13.8 Å². The smallest absolute Gasteiger partial charge is 0.417 e. The van der Waals surface area contributed by atoms with Crippen molar-refractivity contribution < 1.29 is 9.53 Å². The van der Waals surface area contributed by atoms with Crippen molar-refractivity contribution in [3.63, 3.8) is 0 Å². The molecule has 0 heterocycles. The van der Waals surface area contributed by atoms with Crippen molar-refractivity contribution >= 4 is 6.47 Å². The zero-order valence-corrected chi connectivity index (χ0v) is 8.30. The predicted molar refractivity (Wildman–Crippen MR) is 49.5 cm³/mol. The Hall–Kier alpha value is -0.530. The summed E-state index contributed by atoms with van der Waals surface area (Å²) in [5.74, 6) is 0.469. The molecule has 0 aromatic heterocycles. The van der Waals surface area contributed by atoms with Crippen molar-refractivity contribution in [1.29, 1.82) is 0 Å². The number of ether oxygens (including phenoxy) is 1. The normalized spacial score (nSPS) is 15.2. The van der Waals surface area contributed by atoms with E-state index in [0.29, 0.717) is 5.92 Å². The molecule has 0 aliphatic carbocycles. The number of rotatable bonds is 7. The molecule has 0 bridgehead atoms. The zero-order valence-electron chi connectivity index (χ0n) is 8.30. The average molecular weight is 171 g/mol. The number of hydrogen-bond donors (Lipinski definition) is 0. The van der Waals surface area contributed by atoms with E-state index in [-0.39, 0.29) is 6.10 Å². The number of carbonyl (C=O) groups excluding carboxylic acids is 1. The molecule has 2 nitrogen and oxygen atoms in total. The molecular weight excluding hydrogens is 152 g/mol. The van der Waals surface area contributed by atoms with E-state index < -0.39 is 0 Å². The fourth-order valence-electron chi connectivity index (χ4n) is 1.38. The van der Waals surface area contributed by atoms with Crippen LogP contribution in [0.2, 0.25) is 0 Å². The maximum atomic E-state index is 10.0. The summed E-state index contributed by atoms with van der Waals surface area (Å²) in [6.07, 6.45) is 4.50. The van der Waals surface area contributed by atoms with Crippen LogP contribution in [0.25, 0.3) is 0 Å². The molecule has 0 saturated carbocycles. The highest BCUT2D eigenvalue weighted by molar-refractivity contribution is 5.38. The van der Waals surface area contributed by atoms with E-state index in [9.17, 15) is 4.79 Å². The van der Waals surface area contributed by atoms with Crippen LogP contribution in [0.1, 0.15) is 46.5 Å². The minimum atomic E-state index is 0.0639. The van der Waals surface area contributed by atoms with E-state index in [1.807, 2.05) is 6.92 Å². The Balaban J connectivity index is 3.67. The molecule has 0 aromatic carbocycles. The van der Waals surface area contributed by atoms with Crippen LogP contribution in [0.3, 0.4) is 0 Å². The van der Waals surface area contributed by atoms with Gasteiger partial charge in [-0.1, -0.05) is 33.6 Å². The Bertz CT molecular complexity index is 112. The van der Waals surface area contributed by atoms with E-state index in [4.69, 9.17) is 4.74 Å². The fraction of sp³-hybridized carbons (Fsp3) is 0.900. The molecular formula is C10H19O2. The van der Waals surface area contributed by atoms with Crippen LogP contribution in [-0.2, 0) is 9.53 Å². The topological polar surface area (TPSA) is 26.3 Å². The van der Waals surface area contributed by atoms with E-state index >= 15 is 0 Å². The van der Waals surface area contributed by atoms with Gasteiger partial charge in [-0.2, -0.15) is 0 Å². The third-order valence-electron chi connectivity index (χ3n) is 2.25. The second-order valence-electron chi connectivity index (χ2n) is 3.27. The summed E-state index contributed by atoms with van der Waals surface area (Å²) in [4.78, 5) is 10.0. The van der Waals surface area contributed by atoms with E-state index in [0.717, 1.165) is 12.8 Å². The summed E-state index contributed by atoms with van der Waals surface area (Å²) in [5, 5.41) is 0. The third-order valence-corrected chi connectivity index (χ3v) is 2.25. The first-order valence-corrected chi connectivity index (χ1v) is 4.79. The highest BCUT2D eigenvalue weighted by Gasteiger charge is 2.15. The summed E-state index contributed by atoms with van der Waals surface area (Å²) >= 11 is 0. The quantitative estimate of drug-likeness (QED) is 0.588. The van der Waals surface area contributed by atoms with Gasteiger partial charge in [-0.05, 0) is 18.8 Å². The lowest BCUT2D eigenvalue weighted by atomic mass is 9.96. The van der Waals surface area contributed by atoms with Gasteiger partial charge in [0, 0.05) is 0 Å². The molecule has 12 heavy (non-hydrogen) atoms. The number of unbranched alkanes of at least 4 members (excludes halogenated alkanes) is 1. The van der Waals surface area contributed by atoms with Gasteiger partial charge in [0.15, 0.2) is 0 Å². The van der Waals surface area contributed by atoms with Crippen LogP contribution < -0.4 is 0 Å². The van der Waals surface area contributed by atoms with Crippen molar-refractivity contribution in [2.75, 3.05) is 0 Å². The van der Waals surface area contributed by atoms with Gasteiger partial charge in [0.1, 0.15) is 6.10 Å². The molecule has 2 heteroatoms. The highest BCUT2D eigenvalue weighted by atomic mass is 16.5. The van der Waals surface area contributed by atoms with Gasteiger partial charge in [-0.15, -0.1) is 0 Å². The van der Waals surface area contributed by atoms with E-state index in [1.54, 1.807) is 0 Å². The molecule has 2 atom stereocenters. The Morgan fingerprint density at radius 1 is 1.42 bits per heavy atom. The SMILES string of the molecule is CCCCC(C)C(CC)O[C]=O. The minimum absolute atomic E-state index is 0.0639. The van der Waals surface area contributed by atoms with E-state index in [1.165, 1.54) is 19.3 Å². The first-order chi connectivity index (χ1) is 5.76. The largest absolute Gasteiger partial charge is 0.454 e. The standard InChI is InChI=1S/C10H19O2/c1-4-6-7-9(3)10(5-2)12-8-11/h9-10H,4-7H2,1-3H3. The second-order valence-corrected chi connectivity index (χ2v) is 3.27. The molecule has 0 fully saturated rings. The van der Waals surface area contributed by atoms with Gasteiger partial charge in [0.2, 0.25) is 0 Å². The summed E-state index contributed by atoms with van der Waals surface area (Å²) < 4.78 is 4.84. The van der Waals surface area contributed by atoms with Crippen LogP contribution in [0, 0.1) is 5.92 Å². The van der Waals surface area contributed by atoms with Crippen molar-refractivity contribution in [3.05, 3.63) is 0 Å². The molecule has 1 radical (unpaired) electrons. The van der Waals surface area contributed by atoms with Crippen LogP contribution >= 0.6 is 0 Å². The zero-order chi connectivity index (χ0) is 9.40. The van der Waals surface area contributed by atoms with Gasteiger partial charge < -0.3 is 4.74 Å². The van der Waals surface area contributed by atoms with Gasteiger partial charge >= 0.3 is 6.47 Å². The average Bonchev–Trinajstić information content (AvgIpc) is 2.10. The molecule has 0 N–H and O–H groups in total. The second kappa shape index (κ2) is 7.14. The Morgan fingerprint density at radius 3 is 2.50 bits per heavy atom. The van der Waals surface area contributed by atoms with Crippen LogP contribution in [-0.4, -0.2) is 12.6 Å². The van der Waals surface area contributed by atoms with Crippen molar-refractivity contribution in [1.82, 2.24) is 0 Å². The van der Waals surface area contributed by atoms with Crippen molar-refractivity contribution in [3.8, 4) is 0 Å². The van der Waals surface area contributed by atoms with Crippen LogP contribution in [0.4, 0.5) is 0 Å². The molecule has 0 aliphatic heterocycles. The molecule has 0 spiro atoms. The third kappa shape index (κ3) is 4.37. The molecule has 0 amide bonds. The Labute approximate surface area is 75.3 Å². The molecule has 2 unspecified atom stereocenters.